The summed E-state index contributed by atoms with van der Waals surface area (Å²) in [5.74, 6) is -0.927. The number of carboxylic acids is 1. The second-order valence-electron chi connectivity index (χ2n) is 10.6. The molecule has 33 heavy (non-hydrogen) atoms. The van der Waals surface area contributed by atoms with Crippen LogP contribution >= 0.6 is 0 Å². The number of nitrogens with zero attached hydrogens (tertiary/aromatic N) is 1. The van der Waals surface area contributed by atoms with Crippen molar-refractivity contribution >= 4 is 28.7 Å². The van der Waals surface area contributed by atoms with E-state index in [-0.39, 0.29) is 16.4 Å². The number of hydrogen-bond donors (Lipinski definition) is 2. The highest BCUT2D eigenvalue weighted by molar-refractivity contribution is 6.18. The summed E-state index contributed by atoms with van der Waals surface area (Å²) in [6, 6.07) is 17.5. The van der Waals surface area contributed by atoms with Gasteiger partial charge in [0.15, 0.2) is 0 Å². The third-order valence-corrected chi connectivity index (χ3v) is 7.42. The average molecular weight is 439 g/mol. The highest BCUT2D eigenvalue weighted by atomic mass is 16.4. The van der Waals surface area contributed by atoms with Crippen LogP contribution in [0.3, 0.4) is 0 Å². The van der Waals surface area contributed by atoms with Gasteiger partial charge in [0.1, 0.15) is 0 Å². The lowest BCUT2D eigenvalue weighted by atomic mass is 9.62. The molecule has 3 aromatic carbocycles. The summed E-state index contributed by atoms with van der Waals surface area (Å²) in [5, 5.41) is 13.0. The van der Waals surface area contributed by atoms with Crippen molar-refractivity contribution in [3.8, 4) is 0 Å². The molecule has 2 aliphatic rings. The standard InChI is InChI=1S/C29H30N2O2/c1-17-24-21(28(2,3)14-15-29(24,4)5)16-23-25(17)30-22-9-7-6-8-20(22)26(31-23)18-10-12-19(13-11-18)27(32)33/h6-13,16,30H,14-15H2,1-5H3,(H,32,33). The highest BCUT2D eigenvalue weighted by Gasteiger charge is 2.39. The van der Waals surface area contributed by atoms with E-state index in [0.29, 0.717) is 0 Å². The van der Waals surface area contributed by atoms with Gasteiger partial charge >= 0.3 is 5.97 Å². The van der Waals surface area contributed by atoms with Gasteiger partial charge < -0.3 is 10.4 Å². The third kappa shape index (κ3) is 3.45. The molecule has 0 spiro atoms. The first-order valence-electron chi connectivity index (χ1n) is 11.6. The van der Waals surface area contributed by atoms with Crippen molar-refractivity contribution in [2.45, 2.75) is 58.3 Å². The van der Waals surface area contributed by atoms with E-state index in [9.17, 15) is 9.90 Å². The second-order valence-corrected chi connectivity index (χ2v) is 10.6. The number of rotatable bonds is 2. The van der Waals surface area contributed by atoms with Crippen molar-refractivity contribution in [2.24, 2.45) is 4.99 Å². The van der Waals surface area contributed by atoms with Gasteiger partial charge in [-0.15, -0.1) is 0 Å². The minimum atomic E-state index is -0.927. The molecule has 2 N–H and O–H groups in total. The smallest absolute Gasteiger partial charge is 0.335 e. The number of nitrogens with one attached hydrogen (secondary N) is 1. The molecule has 1 heterocycles. The van der Waals surface area contributed by atoms with Crippen molar-refractivity contribution in [3.05, 3.63) is 88.0 Å². The Morgan fingerprint density at radius 1 is 0.970 bits per heavy atom. The van der Waals surface area contributed by atoms with Gasteiger partial charge in [-0.05, 0) is 71.6 Å². The Morgan fingerprint density at radius 3 is 2.33 bits per heavy atom. The van der Waals surface area contributed by atoms with Gasteiger partial charge in [-0.2, -0.15) is 0 Å². The molecule has 1 aliphatic heterocycles. The number of fused-ring (bicyclic) bond motifs is 3. The predicted molar refractivity (Wildman–Crippen MR) is 135 cm³/mol. The maximum atomic E-state index is 11.4. The quantitative estimate of drug-likeness (QED) is 0.346. The molecule has 3 aromatic rings. The van der Waals surface area contributed by atoms with Crippen molar-refractivity contribution in [1.29, 1.82) is 0 Å². The first-order chi connectivity index (χ1) is 15.6. The minimum Gasteiger partial charge on any atom is -0.478 e. The lowest BCUT2D eigenvalue weighted by molar-refractivity contribution is 0.0697. The zero-order valence-corrected chi connectivity index (χ0v) is 19.9. The molecular formula is C29H30N2O2. The van der Waals surface area contributed by atoms with Gasteiger partial charge in [0.25, 0.3) is 0 Å². The summed E-state index contributed by atoms with van der Waals surface area (Å²) in [6.07, 6.45) is 2.31. The molecule has 1 aliphatic carbocycles. The maximum absolute atomic E-state index is 11.4. The monoisotopic (exact) mass is 438 g/mol. The van der Waals surface area contributed by atoms with Crippen LogP contribution in [0.5, 0.6) is 0 Å². The number of hydrogen-bond acceptors (Lipinski definition) is 3. The molecule has 0 fully saturated rings. The highest BCUT2D eigenvalue weighted by Crippen LogP contribution is 2.52. The van der Waals surface area contributed by atoms with Crippen molar-refractivity contribution in [2.75, 3.05) is 5.32 Å². The Balaban J connectivity index is 1.79. The van der Waals surface area contributed by atoms with Gasteiger partial charge in [-0.3, -0.25) is 0 Å². The summed E-state index contributed by atoms with van der Waals surface area (Å²) in [4.78, 5) is 16.6. The number of para-hydroxylation sites is 1. The summed E-state index contributed by atoms with van der Waals surface area (Å²) in [5.41, 5.74) is 10.3. The summed E-state index contributed by atoms with van der Waals surface area (Å²) >= 11 is 0. The second kappa shape index (κ2) is 7.31. The molecule has 168 valence electrons. The summed E-state index contributed by atoms with van der Waals surface area (Å²) < 4.78 is 0. The fourth-order valence-electron chi connectivity index (χ4n) is 5.44. The van der Waals surface area contributed by atoms with E-state index < -0.39 is 5.97 Å². The number of aliphatic imine (C=N–C) groups is 1. The van der Waals surface area contributed by atoms with Crippen LogP contribution < -0.4 is 5.32 Å². The summed E-state index contributed by atoms with van der Waals surface area (Å²) in [6.45, 7) is 11.6. The topological polar surface area (TPSA) is 61.7 Å². The van der Waals surface area contributed by atoms with E-state index in [1.807, 2.05) is 24.3 Å². The van der Waals surface area contributed by atoms with Crippen LogP contribution in [0, 0.1) is 6.92 Å². The number of aromatic carboxylic acids is 1. The van der Waals surface area contributed by atoms with Gasteiger partial charge in [-0.25, -0.2) is 9.79 Å². The lowest BCUT2D eigenvalue weighted by Gasteiger charge is -2.43. The molecule has 0 radical (unpaired) electrons. The zero-order valence-electron chi connectivity index (χ0n) is 19.9. The molecule has 4 heteroatoms. The van der Waals surface area contributed by atoms with E-state index in [1.54, 1.807) is 12.1 Å². The molecule has 0 aromatic heterocycles. The Hall–Kier alpha value is -3.40. The maximum Gasteiger partial charge on any atom is 0.335 e. The Labute approximate surface area is 195 Å². The van der Waals surface area contributed by atoms with Crippen LogP contribution in [0.1, 0.15) is 78.7 Å². The Bertz CT molecular complexity index is 1310. The fraction of sp³-hybridized carbons (Fsp3) is 0.310. The van der Waals surface area contributed by atoms with Crippen LogP contribution in [0.25, 0.3) is 0 Å². The number of benzene rings is 3. The Kier molecular flexibility index (Phi) is 4.75. The zero-order chi connectivity index (χ0) is 23.5. The van der Waals surface area contributed by atoms with Crippen LogP contribution in [0.2, 0.25) is 0 Å². The van der Waals surface area contributed by atoms with E-state index in [1.165, 1.54) is 16.7 Å². The molecule has 0 amide bonds. The van der Waals surface area contributed by atoms with E-state index >= 15 is 0 Å². The fourth-order valence-corrected chi connectivity index (χ4v) is 5.44. The van der Waals surface area contributed by atoms with E-state index in [4.69, 9.17) is 4.99 Å². The van der Waals surface area contributed by atoms with Crippen LogP contribution in [-0.4, -0.2) is 16.8 Å². The molecule has 0 saturated heterocycles. The van der Waals surface area contributed by atoms with E-state index in [0.717, 1.165) is 46.7 Å². The number of carbonyl (C=O) groups is 1. The normalized spacial score (nSPS) is 17.5. The predicted octanol–water partition coefficient (Wildman–Crippen LogP) is 7.27. The van der Waals surface area contributed by atoms with Crippen LogP contribution in [0.4, 0.5) is 17.1 Å². The first-order valence-corrected chi connectivity index (χ1v) is 11.6. The van der Waals surface area contributed by atoms with Crippen LogP contribution in [0.15, 0.2) is 59.6 Å². The molecule has 0 bridgehead atoms. The number of anilines is 2. The SMILES string of the molecule is Cc1c2c(cc3c1C(C)(C)CCC3(C)C)N=C(c1ccc(C(=O)O)cc1)c1ccccc1N2. The molecule has 0 unspecified atom stereocenters. The van der Waals surface area contributed by atoms with E-state index in [2.05, 4.69) is 58.1 Å². The van der Waals surface area contributed by atoms with Gasteiger partial charge in [-0.1, -0.05) is 58.0 Å². The molecule has 4 nitrogen and oxygen atoms in total. The van der Waals surface area contributed by atoms with Gasteiger partial charge in [0, 0.05) is 16.8 Å². The molecule has 0 atom stereocenters. The van der Waals surface area contributed by atoms with Crippen molar-refractivity contribution in [1.82, 2.24) is 0 Å². The van der Waals surface area contributed by atoms with Gasteiger partial charge in [0.05, 0.1) is 22.6 Å². The van der Waals surface area contributed by atoms with Crippen LogP contribution in [-0.2, 0) is 10.8 Å². The molecular weight excluding hydrogens is 408 g/mol. The van der Waals surface area contributed by atoms with Crippen molar-refractivity contribution < 1.29 is 9.90 Å². The Morgan fingerprint density at radius 2 is 1.64 bits per heavy atom. The lowest BCUT2D eigenvalue weighted by Crippen LogP contribution is -2.34. The van der Waals surface area contributed by atoms with Gasteiger partial charge in [0.2, 0.25) is 0 Å². The first kappa shape index (κ1) is 21.4. The number of carboxylic acid groups (broad SMARTS) is 1. The third-order valence-electron chi connectivity index (χ3n) is 7.42. The van der Waals surface area contributed by atoms with Crippen molar-refractivity contribution in [3.63, 3.8) is 0 Å². The summed E-state index contributed by atoms with van der Waals surface area (Å²) in [7, 11) is 0. The largest absolute Gasteiger partial charge is 0.478 e. The molecule has 0 saturated carbocycles. The average Bonchev–Trinajstić information content (AvgIpc) is 2.94. The minimum absolute atomic E-state index is 0.0859. The molecule has 5 rings (SSSR count).